The smallest absolute Gasteiger partial charge is 0.203 e. The van der Waals surface area contributed by atoms with Crippen molar-refractivity contribution in [3.63, 3.8) is 0 Å². The fourth-order valence-corrected chi connectivity index (χ4v) is 2.09. The van der Waals surface area contributed by atoms with Crippen LogP contribution in [0.2, 0.25) is 0 Å². The van der Waals surface area contributed by atoms with Crippen LogP contribution in [0.4, 0.5) is 5.95 Å². The quantitative estimate of drug-likeness (QED) is 0.709. The molecule has 5 nitrogen and oxygen atoms in total. The van der Waals surface area contributed by atoms with Crippen LogP contribution in [0.5, 0.6) is 0 Å². The lowest BCUT2D eigenvalue weighted by atomic mass is 10.5. The van der Waals surface area contributed by atoms with Crippen molar-refractivity contribution in [1.29, 1.82) is 0 Å². The molecule has 0 atom stereocenters. The van der Waals surface area contributed by atoms with E-state index in [2.05, 4.69) is 33.0 Å². The molecule has 0 bridgehead atoms. The first-order valence-corrected chi connectivity index (χ1v) is 6.67. The van der Waals surface area contributed by atoms with Crippen LogP contribution in [-0.2, 0) is 11.3 Å². The number of hydrogen-bond donors (Lipinski definition) is 1. The highest BCUT2D eigenvalue weighted by molar-refractivity contribution is 5.28. The zero-order valence-electron chi connectivity index (χ0n) is 11.6. The molecule has 0 aromatic carbocycles. The monoisotopic (exact) mass is 252 g/mol. The number of nitrogens with one attached hydrogen (secondary N) is 1. The zero-order valence-corrected chi connectivity index (χ0v) is 11.6. The summed E-state index contributed by atoms with van der Waals surface area (Å²) in [5.41, 5.74) is 1.06. The average molecular weight is 252 g/mol. The van der Waals surface area contributed by atoms with Gasteiger partial charge in [0.15, 0.2) is 0 Å². The number of likely N-dealkylation sites (N-methyl/N-ethyl adjacent to an activating group) is 1. The highest BCUT2D eigenvalue weighted by Gasteiger charge is 2.25. The van der Waals surface area contributed by atoms with Gasteiger partial charge < -0.3 is 19.5 Å². The van der Waals surface area contributed by atoms with Crippen molar-refractivity contribution in [3.8, 4) is 0 Å². The van der Waals surface area contributed by atoms with E-state index >= 15 is 0 Å². The van der Waals surface area contributed by atoms with Gasteiger partial charge in [0.1, 0.15) is 0 Å². The maximum Gasteiger partial charge on any atom is 0.203 e. The first-order chi connectivity index (χ1) is 8.70. The fraction of sp³-hybridized carbons (Fsp3) is 0.769. The van der Waals surface area contributed by atoms with Crippen LogP contribution in [-0.4, -0.2) is 54.3 Å². The van der Waals surface area contributed by atoms with E-state index in [4.69, 9.17) is 4.74 Å². The van der Waals surface area contributed by atoms with E-state index < -0.39 is 0 Å². The molecular weight excluding hydrogens is 228 g/mol. The van der Waals surface area contributed by atoms with Gasteiger partial charge in [-0.3, -0.25) is 0 Å². The second-order valence-corrected chi connectivity index (χ2v) is 5.03. The van der Waals surface area contributed by atoms with Crippen LogP contribution in [0, 0.1) is 6.92 Å². The maximum absolute atomic E-state index is 5.04. The van der Waals surface area contributed by atoms with E-state index in [1.54, 1.807) is 7.11 Å². The van der Waals surface area contributed by atoms with Crippen molar-refractivity contribution < 1.29 is 4.74 Å². The molecule has 18 heavy (non-hydrogen) atoms. The number of anilines is 1. The molecule has 1 aromatic rings. The Hall–Kier alpha value is -1.07. The number of imidazole rings is 1. The van der Waals surface area contributed by atoms with Crippen molar-refractivity contribution >= 4 is 5.95 Å². The van der Waals surface area contributed by atoms with Crippen molar-refractivity contribution in [1.82, 2.24) is 14.5 Å². The largest absolute Gasteiger partial charge is 0.383 e. The molecule has 102 valence electrons. The third kappa shape index (κ3) is 3.71. The Balaban J connectivity index is 1.85. The molecule has 1 aromatic heterocycles. The number of aromatic nitrogens is 2. The molecule has 1 saturated carbocycles. The van der Waals surface area contributed by atoms with Crippen molar-refractivity contribution in [2.75, 3.05) is 39.2 Å². The van der Waals surface area contributed by atoms with Gasteiger partial charge >= 0.3 is 0 Å². The van der Waals surface area contributed by atoms with Gasteiger partial charge in [0.25, 0.3) is 0 Å². The summed E-state index contributed by atoms with van der Waals surface area (Å²) in [6.07, 6.45) is 4.83. The fourth-order valence-electron chi connectivity index (χ4n) is 2.09. The Kier molecular flexibility index (Phi) is 4.60. The summed E-state index contributed by atoms with van der Waals surface area (Å²) in [7, 11) is 3.92. The topological polar surface area (TPSA) is 42.3 Å². The zero-order chi connectivity index (χ0) is 13.0. The second-order valence-electron chi connectivity index (χ2n) is 5.03. The average Bonchev–Trinajstić information content (AvgIpc) is 3.12. The van der Waals surface area contributed by atoms with Gasteiger partial charge in [0, 0.05) is 39.0 Å². The number of aryl methyl sites for hydroxylation is 1. The Morgan fingerprint density at radius 1 is 1.56 bits per heavy atom. The second kappa shape index (κ2) is 6.20. The molecule has 0 saturated heterocycles. The van der Waals surface area contributed by atoms with Crippen molar-refractivity contribution in [2.45, 2.75) is 32.4 Å². The third-order valence-electron chi connectivity index (χ3n) is 3.35. The summed E-state index contributed by atoms with van der Waals surface area (Å²) in [6, 6.07) is 0.819. The van der Waals surface area contributed by atoms with Crippen LogP contribution >= 0.6 is 0 Å². The summed E-state index contributed by atoms with van der Waals surface area (Å²) in [4.78, 5) is 6.94. The van der Waals surface area contributed by atoms with Crippen LogP contribution in [0.25, 0.3) is 0 Å². The molecule has 0 amide bonds. The van der Waals surface area contributed by atoms with Crippen molar-refractivity contribution in [3.05, 3.63) is 11.9 Å². The summed E-state index contributed by atoms with van der Waals surface area (Å²) < 4.78 is 7.24. The summed E-state index contributed by atoms with van der Waals surface area (Å²) in [5.74, 6) is 0.953. The summed E-state index contributed by atoms with van der Waals surface area (Å²) >= 11 is 0. The van der Waals surface area contributed by atoms with Gasteiger partial charge in [-0.25, -0.2) is 4.98 Å². The molecule has 1 heterocycles. The molecule has 1 aliphatic rings. The van der Waals surface area contributed by atoms with Gasteiger partial charge in [-0.1, -0.05) is 0 Å². The molecule has 1 N–H and O–H groups in total. The Morgan fingerprint density at radius 2 is 2.33 bits per heavy atom. The van der Waals surface area contributed by atoms with E-state index in [-0.39, 0.29) is 0 Å². The molecule has 0 unspecified atom stereocenters. The molecular formula is C13H24N4O. The van der Waals surface area contributed by atoms with Gasteiger partial charge in [0.2, 0.25) is 5.95 Å². The molecule has 0 spiro atoms. The van der Waals surface area contributed by atoms with Crippen LogP contribution in [0.1, 0.15) is 18.5 Å². The first-order valence-electron chi connectivity index (χ1n) is 6.67. The molecule has 1 aliphatic carbocycles. The number of hydrogen-bond acceptors (Lipinski definition) is 4. The molecule has 0 radical (unpaired) electrons. The molecule has 1 fully saturated rings. The molecule has 5 heteroatoms. The predicted octanol–water partition coefficient (Wildman–Crippen LogP) is 1.34. The third-order valence-corrected chi connectivity index (χ3v) is 3.35. The molecule has 0 aliphatic heterocycles. The van der Waals surface area contributed by atoms with Crippen LogP contribution < -0.4 is 5.32 Å². The molecule has 2 rings (SSSR count). The van der Waals surface area contributed by atoms with E-state index in [0.29, 0.717) is 6.61 Å². The SMILES string of the molecule is COCCNc1nc(C)cn1CCN(C)C1CC1. The van der Waals surface area contributed by atoms with Gasteiger partial charge in [-0.05, 0) is 26.8 Å². The standard InChI is InChI=1S/C13H24N4O/c1-11-10-17(8-7-16(2)12-4-5-12)13(15-11)14-6-9-18-3/h10,12H,4-9H2,1-3H3,(H,14,15). The predicted molar refractivity (Wildman–Crippen MR) is 73.0 cm³/mol. The van der Waals surface area contributed by atoms with Gasteiger partial charge in [-0.2, -0.15) is 0 Å². The minimum Gasteiger partial charge on any atom is -0.383 e. The summed E-state index contributed by atoms with van der Waals surface area (Å²) in [5, 5.41) is 3.31. The number of nitrogens with zero attached hydrogens (tertiary/aromatic N) is 3. The van der Waals surface area contributed by atoms with Crippen LogP contribution in [0.3, 0.4) is 0 Å². The summed E-state index contributed by atoms with van der Waals surface area (Å²) in [6.45, 7) is 5.60. The number of rotatable bonds is 8. The highest BCUT2D eigenvalue weighted by Crippen LogP contribution is 2.25. The lowest BCUT2D eigenvalue weighted by Gasteiger charge is -2.17. The maximum atomic E-state index is 5.04. The Morgan fingerprint density at radius 3 is 3.00 bits per heavy atom. The lowest BCUT2D eigenvalue weighted by molar-refractivity contribution is 0.210. The highest BCUT2D eigenvalue weighted by atomic mass is 16.5. The van der Waals surface area contributed by atoms with Gasteiger partial charge in [0.05, 0.1) is 12.3 Å². The first kappa shape index (κ1) is 13.4. The van der Waals surface area contributed by atoms with E-state index in [0.717, 1.165) is 37.3 Å². The van der Waals surface area contributed by atoms with Crippen molar-refractivity contribution in [2.24, 2.45) is 0 Å². The Labute approximate surface area is 109 Å². The van der Waals surface area contributed by atoms with Crippen LogP contribution in [0.15, 0.2) is 6.20 Å². The van der Waals surface area contributed by atoms with Gasteiger partial charge in [-0.15, -0.1) is 0 Å². The van der Waals surface area contributed by atoms with E-state index in [1.807, 2.05) is 6.92 Å². The normalized spacial score (nSPS) is 15.3. The van der Waals surface area contributed by atoms with E-state index in [1.165, 1.54) is 12.8 Å². The minimum absolute atomic E-state index is 0.702. The number of ether oxygens (including phenoxy) is 1. The van der Waals surface area contributed by atoms with E-state index in [9.17, 15) is 0 Å². The minimum atomic E-state index is 0.702. The Bertz CT molecular complexity index is 373. The lowest BCUT2D eigenvalue weighted by Crippen LogP contribution is -2.25. The number of methoxy groups -OCH3 is 1.